The lowest BCUT2D eigenvalue weighted by atomic mass is 10.0. The first-order valence-corrected chi connectivity index (χ1v) is 5.75. The Morgan fingerprint density at radius 1 is 1.05 bits per heavy atom. The molecular formula is C14H12F3NO. The molecule has 0 atom stereocenters. The van der Waals surface area contributed by atoms with E-state index in [0.29, 0.717) is 5.56 Å². The molecule has 0 heterocycles. The van der Waals surface area contributed by atoms with Gasteiger partial charge in [-0.1, -0.05) is 36.4 Å². The summed E-state index contributed by atoms with van der Waals surface area (Å²) in [6.07, 6.45) is -4.30. The summed E-state index contributed by atoms with van der Waals surface area (Å²) in [6.45, 7) is -1.48. The van der Waals surface area contributed by atoms with Crippen LogP contribution in [0.25, 0.3) is 10.8 Å². The van der Waals surface area contributed by atoms with E-state index in [1.165, 1.54) is 0 Å². The van der Waals surface area contributed by atoms with E-state index in [1.807, 2.05) is 24.3 Å². The normalized spacial score (nSPS) is 11.7. The molecule has 0 aliphatic heterocycles. The minimum atomic E-state index is -4.30. The predicted octanol–water partition coefficient (Wildman–Crippen LogP) is 3.17. The standard InChI is InChI=1S/C14H12F3NO/c15-14(16,17)9-18-8-13(19)12-6-5-10-3-1-2-4-11(10)7-12/h1-7,18H,8-9H2. The number of halogens is 3. The van der Waals surface area contributed by atoms with Crippen molar-refractivity contribution in [1.29, 1.82) is 0 Å². The van der Waals surface area contributed by atoms with Crippen LogP contribution in [0.3, 0.4) is 0 Å². The molecule has 0 amide bonds. The van der Waals surface area contributed by atoms with E-state index in [4.69, 9.17) is 0 Å². The zero-order valence-corrected chi connectivity index (χ0v) is 10.00. The van der Waals surface area contributed by atoms with Gasteiger partial charge in [0.2, 0.25) is 0 Å². The molecule has 0 unspecified atom stereocenters. The third-order valence-corrected chi connectivity index (χ3v) is 2.68. The second kappa shape index (κ2) is 5.40. The Balaban J connectivity index is 2.05. The van der Waals surface area contributed by atoms with Gasteiger partial charge < -0.3 is 5.32 Å². The van der Waals surface area contributed by atoms with Crippen molar-refractivity contribution >= 4 is 16.6 Å². The van der Waals surface area contributed by atoms with Crippen LogP contribution in [0.2, 0.25) is 0 Å². The first-order valence-electron chi connectivity index (χ1n) is 5.75. The summed E-state index contributed by atoms with van der Waals surface area (Å²) in [6, 6.07) is 12.6. The molecule has 0 spiro atoms. The number of benzene rings is 2. The first-order chi connectivity index (χ1) is 8.96. The highest BCUT2D eigenvalue weighted by Crippen LogP contribution is 2.16. The fraction of sp³-hybridized carbons (Fsp3) is 0.214. The number of alkyl halides is 3. The molecule has 0 saturated carbocycles. The maximum absolute atomic E-state index is 11.9. The second-order valence-corrected chi connectivity index (χ2v) is 4.20. The van der Waals surface area contributed by atoms with Crippen molar-refractivity contribution in [1.82, 2.24) is 5.32 Å². The SMILES string of the molecule is O=C(CNCC(F)(F)F)c1ccc2ccccc2c1. The number of Topliss-reactive ketones (excluding diaryl/α,β-unsaturated/α-hetero) is 1. The van der Waals surface area contributed by atoms with Crippen LogP contribution in [0.15, 0.2) is 42.5 Å². The van der Waals surface area contributed by atoms with Gasteiger partial charge in [0.15, 0.2) is 5.78 Å². The van der Waals surface area contributed by atoms with Crippen molar-refractivity contribution < 1.29 is 18.0 Å². The number of ketones is 1. The van der Waals surface area contributed by atoms with E-state index >= 15 is 0 Å². The number of carbonyl (C=O) groups excluding carboxylic acids is 1. The molecule has 0 aliphatic carbocycles. The predicted molar refractivity (Wildman–Crippen MR) is 67.2 cm³/mol. The third-order valence-electron chi connectivity index (χ3n) is 2.68. The molecule has 5 heteroatoms. The van der Waals surface area contributed by atoms with Gasteiger partial charge in [0, 0.05) is 5.56 Å². The van der Waals surface area contributed by atoms with Crippen LogP contribution in [0, 0.1) is 0 Å². The van der Waals surface area contributed by atoms with Gasteiger partial charge in [0.1, 0.15) is 0 Å². The summed E-state index contributed by atoms with van der Waals surface area (Å²) in [5.74, 6) is -0.352. The molecule has 0 saturated heterocycles. The summed E-state index contributed by atoms with van der Waals surface area (Å²) in [5.41, 5.74) is 0.411. The number of nitrogens with one attached hydrogen (secondary N) is 1. The van der Waals surface area contributed by atoms with E-state index in [9.17, 15) is 18.0 Å². The average molecular weight is 267 g/mol. The third kappa shape index (κ3) is 3.79. The summed E-state index contributed by atoms with van der Waals surface area (Å²) in [4.78, 5) is 11.7. The Morgan fingerprint density at radius 2 is 1.74 bits per heavy atom. The van der Waals surface area contributed by atoms with Crippen molar-refractivity contribution in [3.05, 3.63) is 48.0 Å². The molecule has 1 N–H and O–H groups in total. The average Bonchev–Trinajstić information content (AvgIpc) is 2.36. The first kappa shape index (κ1) is 13.5. The molecule has 100 valence electrons. The number of hydrogen-bond donors (Lipinski definition) is 1. The highest BCUT2D eigenvalue weighted by molar-refractivity contribution is 6.01. The molecule has 0 aromatic heterocycles. The van der Waals surface area contributed by atoms with Gasteiger partial charge in [0.05, 0.1) is 13.1 Å². The van der Waals surface area contributed by atoms with Crippen LogP contribution in [-0.4, -0.2) is 25.0 Å². The highest BCUT2D eigenvalue weighted by atomic mass is 19.4. The summed E-state index contributed by atoms with van der Waals surface area (Å²) in [5, 5.41) is 3.98. The van der Waals surface area contributed by atoms with Crippen LogP contribution in [0.1, 0.15) is 10.4 Å². The zero-order valence-electron chi connectivity index (χ0n) is 10.00. The van der Waals surface area contributed by atoms with Gasteiger partial charge in [0.25, 0.3) is 0 Å². The second-order valence-electron chi connectivity index (χ2n) is 4.20. The molecule has 0 fully saturated rings. The van der Waals surface area contributed by atoms with Crippen LogP contribution >= 0.6 is 0 Å². The van der Waals surface area contributed by atoms with E-state index in [-0.39, 0.29) is 12.3 Å². The molecule has 0 bridgehead atoms. The van der Waals surface area contributed by atoms with Crippen molar-refractivity contribution in [2.45, 2.75) is 6.18 Å². The van der Waals surface area contributed by atoms with E-state index in [1.54, 1.807) is 18.2 Å². The Hall–Kier alpha value is -1.88. The van der Waals surface area contributed by atoms with Crippen molar-refractivity contribution in [2.75, 3.05) is 13.1 Å². The van der Waals surface area contributed by atoms with Gasteiger partial charge in [-0.15, -0.1) is 0 Å². The molecular weight excluding hydrogens is 255 g/mol. The van der Waals surface area contributed by atoms with Crippen LogP contribution in [0.4, 0.5) is 13.2 Å². The van der Waals surface area contributed by atoms with E-state index < -0.39 is 12.7 Å². The van der Waals surface area contributed by atoms with Crippen LogP contribution < -0.4 is 5.32 Å². The van der Waals surface area contributed by atoms with Gasteiger partial charge in [-0.2, -0.15) is 13.2 Å². The number of fused-ring (bicyclic) bond motifs is 1. The number of carbonyl (C=O) groups is 1. The molecule has 0 radical (unpaired) electrons. The van der Waals surface area contributed by atoms with Gasteiger partial charge in [-0.3, -0.25) is 4.79 Å². The Bertz CT molecular complexity index is 593. The zero-order chi connectivity index (χ0) is 13.9. The molecule has 2 rings (SSSR count). The van der Waals surface area contributed by atoms with Crippen LogP contribution in [-0.2, 0) is 0 Å². The monoisotopic (exact) mass is 267 g/mol. The largest absolute Gasteiger partial charge is 0.401 e. The number of hydrogen-bond acceptors (Lipinski definition) is 2. The van der Waals surface area contributed by atoms with Crippen molar-refractivity contribution in [2.24, 2.45) is 0 Å². The van der Waals surface area contributed by atoms with Gasteiger partial charge >= 0.3 is 6.18 Å². The summed E-state index contributed by atoms with van der Waals surface area (Å²) < 4.78 is 35.8. The lowest BCUT2D eigenvalue weighted by Gasteiger charge is -2.08. The van der Waals surface area contributed by atoms with Crippen molar-refractivity contribution in [3.8, 4) is 0 Å². The fourth-order valence-corrected chi connectivity index (χ4v) is 1.78. The molecule has 2 nitrogen and oxygen atoms in total. The Morgan fingerprint density at radius 3 is 2.42 bits per heavy atom. The Labute approximate surface area is 108 Å². The minimum absolute atomic E-state index is 0.322. The van der Waals surface area contributed by atoms with Gasteiger partial charge in [-0.05, 0) is 16.8 Å². The highest BCUT2D eigenvalue weighted by Gasteiger charge is 2.26. The summed E-state index contributed by atoms with van der Waals surface area (Å²) in [7, 11) is 0. The lowest BCUT2D eigenvalue weighted by Crippen LogP contribution is -2.32. The number of rotatable bonds is 4. The van der Waals surface area contributed by atoms with Crippen molar-refractivity contribution in [3.63, 3.8) is 0 Å². The van der Waals surface area contributed by atoms with E-state index in [0.717, 1.165) is 10.8 Å². The van der Waals surface area contributed by atoms with Gasteiger partial charge in [-0.25, -0.2) is 0 Å². The molecule has 19 heavy (non-hydrogen) atoms. The maximum Gasteiger partial charge on any atom is 0.401 e. The van der Waals surface area contributed by atoms with Crippen LogP contribution in [0.5, 0.6) is 0 Å². The molecule has 2 aromatic carbocycles. The quantitative estimate of drug-likeness (QED) is 0.862. The fourth-order valence-electron chi connectivity index (χ4n) is 1.78. The van der Waals surface area contributed by atoms with E-state index in [2.05, 4.69) is 5.32 Å². The molecule has 2 aromatic rings. The Kier molecular flexibility index (Phi) is 3.85. The smallest absolute Gasteiger partial charge is 0.302 e. The topological polar surface area (TPSA) is 29.1 Å². The minimum Gasteiger partial charge on any atom is -0.302 e. The lowest BCUT2D eigenvalue weighted by molar-refractivity contribution is -0.124. The molecule has 0 aliphatic rings. The summed E-state index contributed by atoms with van der Waals surface area (Å²) >= 11 is 0. The maximum atomic E-state index is 11.9.